The Kier molecular flexibility index (Phi) is 4.15. The summed E-state index contributed by atoms with van der Waals surface area (Å²) < 4.78 is 0. The molecule has 0 heterocycles. The zero-order valence-corrected chi connectivity index (χ0v) is 10.6. The van der Waals surface area contributed by atoms with Crippen molar-refractivity contribution in [2.75, 3.05) is 0 Å². The zero-order chi connectivity index (χ0) is 11.4. The van der Waals surface area contributed by atoms with E-state index < -0.39 is 0 Å². The van der Waals surface area contributed by atoms with E-state index in [0.717, 1.165) is 17.2 Å². The first-order chi connectivity index (χ1) is 7.81. The summed E-state index contributed by atoms with van der Waals surface area (Å²) in [6, 6.07) is 10.4. The predicted molar refractivity (Wildman–Crippen MR) is 69.5 cm³/mol. The maximum absolute atomic E-state index is 9.00. The average Bonchev–Trinajstić information content (AvgIpc) is 2.75. The molecule has 0 saturated heterocycles. The van der Waals surface area contributed by atoms with E-state index in [0.29, 0.717) is 5.25 Å². The van der Waals surface area contributed by atoms with Gasteiger partial charge in [-0.25, -0.2) is 0 Å². The number of hydrogen-bond donors (Lipinski definition) is 0. The minimum absolute atomic E-state index is 0.243. The second kappa shape index (κ2) is 5.61. The second-order valence-electron chi connectivity index (χ2n) is 4.11. The van der Waals surface area contributed by atoms with Gasteiger partial charge in [0.25, 0.3) is 0 Å². The van der Waals surface area contributed by atoms with Gasteiger partial charge in [-0.05, 0) is 24.5 Å². The Bertz CT molecular complexity index is 399. The highest BCUT2D eigenvalue weighted by Crippen LogP contribution is 2.36. The van der Waals surface area contributed by atoms with E-state index in [1.165, 1.54) is 18.4 Å². The molecule has 1 aliphatic carbocycles. The third kappa shape index (κ3) is 2.72. The van der Waals surface area contributed by atoms with Gasteiger partial charge in [-0.2, -0.15) is 17.0 Å². The lowest BCUT2D eigenvalue weighted by atomic mass is 10.1. The molecule has 0 spiro atoms. The molecule has 1 fully saturated rings. The molecule has 1 aliphatic rings. The molecule has 0 aromatic heterocycles. The minimum Gasteiger partial charge on any atom is -0.198 e. The highest BCUT2D eigenvalue weighted by Gasteiger charge is 2.27. The van der Waals surface area contributed by atoms with Crippen LogP contribution in [0.15, 0.2) is 24.3 Å². The van der Waals surface area contributed by atoms with Crippen molar-refractivity contribution in [2.45, 2.75) is 30.3 Å². The summed E-state index contributed by atoms with van der Waals surface area (Å²) in [5.41, 5.74) is 1.18. The van der Waals surface area contributed by atoms with E-state index >= 15 is 0 Å². The minimum atomic E-state index is 0.243. The molecule has 1 aromatic carbocycles. The number of rotatable bonds is 3. The molecule has 1 aromatic rings. The van der Waals surface area contributed by atoms with Crippen LogP contribution in [0.4, 0.5) is 0 Å². The van der Waals surface area contributed by atoms with E-state index in [-0.39, 0.29) is 5.92 Å². The lowest BCUT2D eigenvalue weighted by Gasteiger charge is -2.13. The van der Waals surface area contributed by atoms with Gasteiger partial charge in [0, 0.05) is 16.0 Å². The molecule has 0 aliphatic heterocycles. The van der Waals surface area contributed by atoms with Crippen molar-refractivity contribution < 1.29 is 0 Å². The van der Waals surface area contributed by atoms with Crippen LogP contribution in [-0.2, 0) is 5.75 Å². The fraction of sp³-hybridized carbons (Fsp3) is 0.462. The van der Waals surface area contributed by atoms with Gasteiger partial charge < -0.3 is 0 Å². The van der Waals surface area contributed by atoms with Crippen LogP contribution in [0.3, 0.4) is 0 Å². The van der Waals surface area contributed by atoms with E-state index in [9.17, 15) is 0 Å². The molecule has 0 bridgehead atoms. The third-order valence-electron chi connectivity index (χ3n) is 3.03. The number of thioether (sulfide) groups is 1. The molecule has 2 rings (SSSR count). The smallest absolute Gasteiger partial charge is 0.0667 e. The average molecular weight is 252 g/mol. The summed E-state index contributed by atoms with van der Waals surface area (Å²) in [6.07, 6.45) is 3.43. The number of halogens is 1. The van der Waals surface area contributed by atoms with Crippen LogP contribution in [0.2, 0.25) is 5.02 Å². The van der Waals surface area contributed by atoms with E-state index in [1.54, 1.807) is 0 Å². The van der Waals surface area contributed by atoms with Gasteiger partial charge in [0.2, 0.25) is 0 Å². The van der Waals surface area contributed by atoms with E-state index in [1.807, 2.05) is 30.0 Å². The predicted octanol–water partition coefficient (Wildman–Crippen LogP) is 4.27. The quantitative estimate of drug-likeness (QED) is 0.801. The topological polar surface area (TPSA) is 23.8 Å². The monoisotopic (exact) mass is 251 g/mol. The van der Waals surface area contributed by atoms with Crippen molar-refractivity contribution in [3.8, 4) is 6.07 Å². The molecule has 2 unspecified atom stereocenters. The van der Waals surface area contributed by atoms with Crippen LogP contribution in [0.1, 0.15) is 24.8 Å². The third-order valence-corrected chi connectivity index (χ3v) is 4.87. The summed E-state index contributed by atoms with van der Waals surface area (Å²) in [7, 11) is 0. The molecular formula is C13H14ClNS. The van der Waals surface area contributed by atoms with Crippen LogP contribution in [0.5, 0.6) is 0 Å². The zero-order valence-electron chi connectivity index (χ0n) is 9.03. The first kappa shape index (κ1) is 11.8. The standard InChI is InChI=1S/C13H14ClNS/c14-12-6-2-1-4-11(12)9-16-13-7-3-5-10(13)8-15/h1-2,4,6,10,13H,3,5,7,9H2. The Morgan fingerprint density at radius 2 is 2.19 bits per heavy atom. The number of hydrogen-bond acceptors (Lipinski definition) is 2. The van der Waals surface area contributed by atoms with Gasteiger partial charge in [-0.1, -0.05) is 36.2 Å². The van der Waals surface area contributed by atoms with Crippen LogP contribution in [0, 0.1) is 17.2 Å². The lowest BCUT2D eigenvalue weighted by Crippen LogP contribution is -2.07. The van der Waals surface area contributed by atoms with Crippen molar-refractivity contribution >= 4 is 23.4 Å². The van der Waals surface area contributed by atoms with Gasteiger partial charge >= 0.3 is 0 Å². The van der Waals surface area contributed by atoms with Gasteiger partial charge in [-0.3, -0.25) is 0 Å². The largest absolute Gasteiger partial charge is 0.198 e. The lowest BCUT2D eigenvalue weighted by molar-refractivity contribution is 0.714. The maximum atomic E-state index is 9.00. The summed E-state index contributed by atoms with van der Waals surface area (Å²) in [6.45, 7) is 0. The van der Waals surface area contributed by atoms with Crippen LogP contribution in [0.25, 0.3) is 0 Å². The second-order valence-corrected chi connectivity index (χ2v) is 5.74. The Balaban J connectivity index is 1.93. The fourth-order valence-electron chi connectivity index (χ4n) is 2.09. The molecule has 16 heavy (non-hydrogen) atoms. The molecule has 1 saturated carbocycles. The van der Waals surface area contributed by atoms with Gasteiger partial charge in [0.15, 0.2) is 0 Å². The highest BCUT2D eigenvalue weighted by molar-refractivity contribution is 7.99. The van der Waals surface area contributed by atoms with Crippen molar-refractivity contribution in [3.63, 3.8) is 0 Å². The molecule has 84 valence electrons. The Labute approximate surface area is 106 Å². The van der Waals surface area contributed by atoms with Gasteiger partial charge in [0.1, 0.15) is 0 Å². The maximum Gasteiger partial charge on any atom is 0.0667 e. The van der Waals surface area contributed by atoms with E-state index in [4.69, 9.17) is 16.9 Å². The van der Waals surface area contributed by atoms with Crippen molar-refractivity contribution in [3.05, 3.63) is 34.9 Å². The van der Waals surface area contributed by atoms with Crippen molar-refractivity contribution in [2.24, 2.45) is 5.92 Å². The summed E-state index contributed by atoms with van der Waals surface area (Å²) >= 11 is 7.98. The molecule has 0 N–H and O–H groups in total. The summed E-state index contributed by atoms with van der Waals surface area (Å²) in [4.78, 5) is 0. The highest BCUT2D eigenvalue weighted by atomic mass is 35.5. The van der Waals surface area contributed by atoms with Gasteiger partial charge in [-0.15, -0.1) is 0 Å². The van der Waals surface area contributed by atoms with Crippen LogP contribution in [-0.4, -0.2) is 5.25 Å². The van der Waals surface area contributed by atoms with Crippen LogP contribution >= 0.6 is 23.4 Å². The Hall–Kier alpha value is -0.650. The van der Waals surface area contributed by atoms with Crippen molar-refractivity contribution in [1.29, 1.82) is 5.26 Å². The number of benzene rings is 1. The normalized spacial score (nSPS) is 24.2. The number of nitrogens with zero attached hydrogens (tertiary/aromatic N) is 1. The fourth-order valence-corrected chi connectivity index (χ4v) is 3.78. The summed E-state index contributed by atoms with van der Waals surface area (Å²) in [5, 5.41) is 10.3. The Morgan fingerprint density at radius 1 is 1.38 bits per heavy atom. The molecule has 3 heteroatoms. The van der Waals surface area contributed by atoms with Crippen LogP contribution < -0.4 is 0 Å². The first-order valence-corrected chi connectivity index (χ1v) is 6.98. The molecule has 2 atom stereocenters. The molecule has 0 amide bonds. The van der Waals surface area contributed by atoms with Gasteiger partial charge in [0.05, 0.1) is 12.0 Å². The first-order valence-electron chi connectivity index (χ1n) is 5.56. The SMILES string of the molecule is N#CC1CCCC1SCc1ccccc1Cl. The molecule has 1 nitrogen and oxygen atoms in total. The Morgan fingerprint density at radius 3 is 2.94 bits per heavy atom. The molecular weight excluding hydrogens is 238 g/mol. The van der Waals surface area contributed by atoms with E-state index in [2.05, 4.69) is 12.1 Å². The molecule has 0 radical (unpaired) electrons. The summed E-state index contributed by atoms with van der Waals surface area (Å²) in [5.74, 6) is 1.16. The number of nitriles is 1. The van der Waals surface area contributed by atoms with Crippen molar-refractivity contribution in [1.82, 2.24) is 0 Å².